The van der Waals surface area contributed by atoms with E-state index in [-0.39, 0.29) is 15.7 Å². The van der Waals surface area contributed by atoms with Crippen molar-refractivity contribution in [2.45, 2.75) is 49.3 Å². The molecule has 0 aliphatic carbocycles. The molecule has 1 atom stereocenters. The van der Waals surface area contributed by atoms with Gasteiger partial charge in [0.15, 0.2) is 5.76 Å². The third-order valence-corrected chi connectivity index (χ3v) is 6.61. The van der Waals surface area contributed by atoms with Gasteiger partial charge in [0.25, 0.3) is 15.9 Å². The predicted molar refractivity (Wildman–Crippen MR) is 107 cm³/mol. The van der Waals surface area contributed by atoms with Crippen LogP contribution in [0.4, 0.5) is 0 Å². The molecule has 0 bridgehead atoms. The molecular weight excluding hydrogens is 418 g/mol. The molecule has 0 saturated carbocycles. The van der Waals surface area contributed by atoms with Crippen LogP contribution in [0.1, 0.15) is 49.9 Å². The number of furan rings is 1. The van der Waals surface area contributed by atoms with Gasteiger partial charge in [-0.25, -0.2) is 26.7 Å². The topological polar surface area (TPSA) is 140 Å². The Morgan fingerprint density at radius 2 is 1.76 bits per heavy atom. The van der Waals surface area contributed by atoms with E-state index in [2.05, 4.69) is 4.72 Å². The van der Waals surface area contributed by atoms with E-state index in [0.717, 1.165) is 0 Å². The maximum Gasteiger partial charge on any atom is 0.289 e. The van der Waals surface area contributed by atoms with Crippen molar-refractivity contribution in [2.75, 3.05) is 7.05 Å². The Balaban J connectivity index is 2.26. The van der Waals surface area contributed by atoms with Crippen LogP contribution in [0.2, 0.25) is 0 Å². The highest BCUT2D eigenvalue weighted by molar-refractivity contribution is 7.89. The Morgan fingerprint density at radius 1 is 1.14 bits per heavy atom. The highest BCUT2D eigenvalue weighted by Gasteiger charge is 2.28. The number of hydrogen-bond acceptors (Lipinski definition) is 6. The lowest BCUT2D eigenvalue weighted by molar-refractivity contribution is 0.0704. The third kappa shape index (κ3) is 5.66. The molecule has 0 saturated heterocycles. The van der Waals surface area contributed by atoms with Crippen LogP contribution in [0.15, 0.2) is 50.8 Å². The van der Waals surface area contributed by atoms with Gasteiger partial charge in [0.05, 0.1) is 10.9 Å². The average Bonchev–Trinajstić information content (AvgIpc) is 3.08. The van der Waals surface area contributed by atoms with Crippen LogP contribution in [0.5, 0.6) is 0 Å². The van der Waals surface area contributed by atoms with Gasteiger partial charge in [-0.05, 0) is 57.5 Å². The van der Waals surface area contributed by atoms with Crippen LogP contribution in [-0.2, 0) is 20.0 Å². The van der Waals surface area contributed by atoms with Crippen molar-refractivity contribution in [1.82, 2.24) is 9.62 Å². The highest BCUT2D eigenvalue weighted by atomic mass is 32.2. The van der Waals surface area contributed by atoms with Gasteiger partial charge < -0.3 is 9.32 Å². The first-order valence-corrected chi connectivity index (χ1v) is 11.7. The molecule has 0 spiro atoms. The minimum absolute atomic E-state index is 0.0673. The van der Waals surface area contributed by atoms with E-state index in [4.69, 9.17) is 9.56 Å². The fourth-order valence-electron chi connectivity index (χ4n) is 2.56. The molecule has 9 nitrogen and oxygen atoms in total. The standard InChI is InChI=1S/C18H25N3O6S2/c1-12(13-7-6-8-14(11-13)28(19,23)24)21(5)17(22)15-9-10-16(27-15)29(25,26)20-18(2,3)4/h6-12,20H,1-5H3,(H2,19,23,24). The maximum atomic E-state index is 12.7. The quantitative estimate of drug-likeness (QED) is 0.698. The molecule has 11 heteroatoms. The second-order valence-corrected chi connectivity index (χ2v) is 10.9. The number of nitrogens with two attached hydrogens (primary N) is 1. The molecule has 29 heavy (non-hydrogen) atoms. The fraction of sp³-hybridized carbons (Fsp3) is 0.389. The van der Waals surface area contributed by atoms with Crippen molar-refractivity contribution in [2.24, 2.45) is 5.14 Å². The summed E-state index contributed by atoms with van der Waals surface area (Å²) in [6.45, 7) is 6.75. The molecule has 0 aliphatic heterocycles. The summed E-state index contributed by atoms with van der Waals surface area (Å²) in [6.07, 6.45) is 0. The van der Waals surface area contributed by atoms with E-state index in [1.54, 1.807) is 33.8 Å². The van der Waals surface area contributed by atoms with Crippen molar-refractivity contribution in [3.05, 3.63) is 47.7 Å². The van der Waals surface area contributed by atoms with Gasteiger partial charge in [-0.2, -0.15) is 0 Å². The van der Waals surface area contributed by atoms with Gasteiger partial charge in [0.2, 0.25) is 15.1 Å². The van der Waals surface area contributed by atoms with Gasteiger partial charge in [-0.15, -0.1) is 0 Å². The molecule has 2 rings (SSSR count). The van der Waals surface area contributed by atoms with Crippen molar-refractivity contribution in [1.29, 1.82) is 0 Å². The summed E-state index contributed by atoms with van der Waals surface area (Å²) in [6, 6.07) is 7.90. The Bertz CT molecular complexity index is 1110. The number of nitrogens with one attached hydrogen (secondary N) is 1. The Labute approximate surface area is 171 Å². The summed E-state index contributed by atoms with van der Waals surface area (Å²) in [4.78, 5) is 14.0. The lowest BCUT2D eigenvalue weighted by atomic mass is 10.1. The first kappa shape index (κ1) is 23.1. The Kier molecular flexibility index (Phi) is 6.29. The number of nitrogens with zero attached hydrogens (tertiary/aromatic N) is 1. The van der Waals surface area contributed by atoms with E-state index in [0.29, 0.717) is 5.56 Å². The van der Waals surface area contributed by atoms with E-state index in [1.807, 2.05) is 0 Å². The molecule has 1 amide bonds. The van der Waals surface area contributed by atoms with Crippen LogP contribution >= 0.6 is 0 Å². The molecule has 1 unspecified atom stereocenters. The van der Waals surface area contributed by atoms with Crippen molar-refractivity contribution in [3.8, 4) is 0 Å². The number of carbonyl (C=O) groups excluding carboxylic acids is 1. The first-order chi connectivity index (χ1) is 13.1. The van der Waals surface area contributed by atoms with E-state index in [9.17, 15) is 21.6 Å². The smallest absolute Gasteiger partial charge is 0.289 e. The normalized spacial score (nSPS) is 13.9. The zero-order valence-electron chi connectivity index (χ0n) is 16.8. The number of sulfonamides is 2. The van der Waals surface area contributed by atoms with E-state index >= 15 is 0 Å². The lowest BCUT2D eigenvalue weighted by Crippen LogP contribution is -2.40. The van der Waals surface area contributed by atoms with Gasteiger partial charge in [-0.3, -0.25) is 4.79 Å². The van der Waals surface area contributed by atoms with Crippen molar-refractivity contribution in [3.63, 3.8) is 0 Å². The van der Waals surface area contributed by atoms with Gasteiger partial charge in [0, 0.05) is 12.6 Å². The molecular formula is C18H25N3O6S2. The number of carbonyl (C=O) groups is 1. The van der Waals surface area contributed by atoms with Crippen molar-refractivity contribution < 1.29 is 26.0 Å². The van der Waals surface area contributed by atoms with Gasteiger partial charge >= 0.3 is 0 Å². The van der Waals surface area contributed by atoms with Gasteiger partial charge in [0.1, 0.15) is 0 Å². The lowest BCUT2D eigenvalue weighted by Gasteiger charge is -2.24. The second kappa shape index (κ2) is 7.90. The molecule has 1 heterocycles. The van der Waals surface area contributed by atoms with E-state index in [1.165, 1.54) is 42.3 Å². The van der Waals surface area contributed by atoms with Crippen LogP contribution in [0.25, 0.3) is 0 Å². The van der Waals surface area contributed by atoms with Crippen molar-refractivity contribution >= 4 is 26.0 Å². The van der Waals surface area contributed by atoms with Crippen LogP contribution in [-0.4, -0.2) is 40.2 Å². The summed E-state index contributed by atoms with van der Waals surface area (Å²) >= 11 is 0. The number of benzene rings is 1. The molecule has 3 N–H and O–H groups in total. The molecule has 0 fully saturated rings. The van der Waals surface area contributed by atoms with Crippen LogP contribution < -0.4 is 9.86 Å². The van der Waals surface area contributed by atoms with Gasteiger partial charge in [-0.1, -0.05) is 12.1 Å². The number of amides is 1. The summed E-state index contributed by atoms with van der Waals surface area (Å²) in [5, 5.41) is 4.79. The Hall–Kier alpha value is -2.21. The summed E-state index contributed by atoms with van der Waals surface area (Å²) in [5.41, 5.74) is -0.170. The zero-order valence-corrected chi connectivity index (χ0v) is 18.5. The second-order valence-electron chi connectivity index (χ2n) is 7.68. The monoisotopic (exact) mass is 443 g/mol. The summed E-state index contributed by atoms with van der Waals surface area (Å²) in [7, 11) is -6.30. The first-order valence-electron chi connectivity index (χ1n) is 8.65. The highest BCUT2D eigenvalue weighted by Crippen LogP contribution is 2.24. The molecule has 1 aromatic carbocycles. The maximum absolute atomic E-state index is 12.7. The SMILES string of the molecule is CC(c1cccc(S(N)(=O)=O)c1)N(C)C(=O)c1ccc(S(=O)(=O)NC(C)(C)C)o1. The number of rotatable bonds is 6. The predicted octanol–water partition coefficient (Wildman–Crippen LogP) is 1.84. The van der Waals surface area contributed by atoms with Crippen LogP contribution in [0.3, 0.4) is 0 Å². The number of primary sulfonamides is 1. The summed E-state index contributed by atoms with van der Waals surface area (Å²) < 4.78 is 55.5. The third-order valence-electron chi connectivity index (χ3n) is 4.07. The number of hydrogen-bond donors (Lipinski definition) is 2. The summed E-state index contributed by atoms with van der Waals surface area (Å²) in [5.74, 6) is -0.716. The Morgan fingerprint density at radius 3 is 2.31 bits per heavy atom. The average molecular weight is 444 g/mol. The molecule has 160 valence electrons. The molecule has 2 aromatic rings. The fourth-order valence-corrected chi connectivity index (χ4v) is 4.48. The van der Waals surface area contributed by atoms with E-state index < -0.39 is 37.5 Å². The zero-order chi connectivity index (χ0) is 22.2. The largest absolute Gasteiger partial charge is 0.438 e. The molecule has 0 radical (unpaired) electrons. The minimum atomic E-state index is -3.92. The minimum Gasteiger partial charge on any atom is -0.438 e. The molecule has 1 aromatic heterocycles. The van der Waals surface area contributed by atoms with Crippen LogP contribution in [0, 0.1) is 0 Å². The molecule has 0 aliphatic rings.